The van der Waals surface area contributed by atoms with E-state index in [2.05, 4.69) is 10.7 Å². The van der Waals surface area contributed by atoms with Crippen LogP contribution in [0.1, 0.15) is 55.1 Å². The number of thiazole rings is 1. The molecule has 3 N–H and O–H groups in total. The molecule has 0 saturated heterocycles. The van der Waals surface area contributed by atoms with Gasteiger partial charge in [0.15, 0.2) is 0 Å². The molecule has 1 saturated carbocycles. The number of nitrogens with one attached hydrogen (secondary N) is 1. The van der Waals surface area contributed by atoms with Crippen LogP contribution in [0.5, 0.6) is 0 Å². The Balaban J connectivity index is 0.00000200. The lowest BCUT2D eigenvalue weighted by molar-refractivity contribution is -0.120. The molecule has 0 spiro atoms. The molecule has 0 radical (unpaired) electrons. The average molecular weight is 318 g/mol. The van der Waals surface area contributed by atoms with Gasteiger partial charge in [-0.1, -0.05) is 19.3 Å². The molecule has 1 aromatic rings. The summed E-state index contributed by atoms with van der Waals surface area (Å²) in [7, 11) is 0. The lowest BCUT2D eigenvalue weighted by atomic mass is 9.87. The summed E-state index contributed by atoms with van der Waals surface area (Å²) in [5, 5.41) is 6.20. The fourth-order valence-corrected chi connectivity index (χ4v) is 3.43. The zero-order chi connectivity index (χ0) is 13.5. The molecule has 1 aromatic heterocycles. The van der Waals surface area contributed by atoms with Crippen molar-refractivity contribution in [2.24, 2.45) is 5.73 Å². The first-order valence-electron chi connectivity index (χ1n) is 7.20. The van der Waals surface area contributed by atoms with Crippen molar-refractivity contribution in [1.82, 2.24) is 10.3 Å². The van der Waals surface area contributed by atoms with Gasteiger partial charge in [-0.05, 0) is 12.8 Å². The molecule has 0 aliphatic heterocycles. The minimum Gasteiger partial charge on any atom is -0.356 e. The van der Waals surface area contributed by atoms with Gasteiger partial charge >= 0.3 is 0 Å². The predicted molar refractivity (Wildman–Crippen MR) is 85.6 cm³/mol. The monoisotopic (exact) mass is 317 g/mol. The van der Waals surface area contributed by atoms with Crippen molar-refractivity contribution in [2.75, 3.05) is 13.1 Å². The second-order valence-corrected chi connectivity index (χ2v) is 6.08. The third-order valence-corrected chi connectivity index (χ3v) is 4.55. The minimum absolute atomic E-state index is 0. The summed E-state index contributed by atoms with van der Waals surface area (Å²) < 4.78 is 0. The summed E-state index contributed by atoms with van der Waals surface area (Å²) in [5.74, 6) is 0.706. The number of aromatic nitrogens is 1. The van der Waals surface area contributed by atoms with E-state index in [1.807, 2.05) is 0 Å². The van der Waals surface area contributed by atoms with E-state index in [9.17, 15) is 4.79 Å². The van der Waals surface area contributed by atoms with Crippen LogP contribution in [0.25, 0.3) is 0 Å². The van der Waals surface area contributed by atoms with Crippen molar-refractivity contribution in [1.29, 1.82) is 0 Å². The normalized spacial score (nSPS) is 15.7. The Labute approximate surface area is 131 Å². The number of carbonyl (C=O) groups is 1. The lowest BCUT2D eigenvalue weighted by Gasteiger charge is -2.19. The van der Waals surface area contributed by atoms with Crippen LogP contribution >= 0.6 is 23.7 Å². The van der Waals surface area contributed by atoms with Crippen molar-refractivity contribution in [3.05, 3.63) is 16.1 Å². The minimum atomic E-state index is 0. The molecule has 0 aromatic carbocycles. The van der Waals surface area contributed by atoms with Crippen LogP contribution in [0.4, 0.5) is 0 Å². The van der Waals surface area contributed by atoms with E-state index in [4.69, 9.17) is 10.7 Å². The fraction of sp³-hybridized carbons (Fsp3) is 0.714. The first-order valence-corrected chi connectivity index (χ1v) is 8.08. The molecule has 1 fully saturated rings. The SMILES string of the molecule is Cl.NCCC(=O)NCCc1nc(C2CCCCC2)cs1. The number of hydrogen-bond donors (Lipinski definition) is 2. The van der Waals surface area contributed by atoms with Gasteiger partial charge in [0.05, 0.1) is 10.7 Å². The third kappa shape index (κ3) is 5.38. The Kier molecular flexibility index (Phi) is 8.11. The fourth-order valence-electron chi connectivity index (χ4n) is 2.55. The van der Waals surface area contributed by atoms with Crippen molar-refractivity contribution >= 4 is 29.7 Å². The molecule has 0 atom stereocenters. The molecule has 0 bridgehead atoms. The number of nitrogens with two attached hydrogens (primary N) is 1. The van der Waals surface area contributed by atoms with Gasteiger partial charge in [0, 0.05) is 37.2 Å². The number of rotatable bonds is 6. The standard InChI is InChI=1S/C14H23N3OS.ClH/c15-8-6-13(18)16-9-7-14-17-12(10-19-14)11-4-2-1-3-5-11;/h10-11H,1-9,15H2,(H,16,18);1H. The van der Waals surface area contributed by atoms with Crippen LogP contribution < -0.4 is 11.1 Å². The first-order chi connectivity index (χ1) is 9.29. The van der Waals surface area contributed by atoms with E-state index >= 15 is 0 Å². The molecule has 1 aliphatic carbocycles. The van der Waals surface area contributed by atoms with E-state index < -0.39 is 0 Å². The Morgan fingerprint density at radius 3 is 2.85 bits per heavy atom. The van der Waals surface area contributed by atoms with Crippen molar-refractivity contribution in [3.63, 3.8) is 0 Å². The van der Waals surface area contributed by atoms with E-state index in [1.165, 1.54) is 37.8 Å². The molecule has 2 rings (SSSR count). The van der Waals surface area contributed by atoms with E-state index in [0.29, 0.717) is 25.4 Å². The zero-order valence-corrected chi connectivity index (χ0v) is 13.4. The van der Waals surface area contributed by atoms with Gasteiger partial charge in [0.2, 0.25) is 5.91 Å². The molecule has 20 heavy (non-hydrogen) atoms. The van der Waals surface area contributed by atoms with Crippen LogP contribution in [-0.2, 0) is 11.2 Å². The molecule has 1 aliphatic rings. The smallest absolute Gasteiger partial charge is 0.221 e. The van der Waals surface area contributed by atoms with Gasteiger partial charge < -0.3 is 11.1 Å². The Bertz CT molecular complexity index is 405. The molecule has 4 nitrogen and oxygen atoms in total. The predicted octanol–water partition coefficient (Wildman–Crippen LogP) is 2.62. The number of hydrogen-bond acceptors (Lipinski definition) is 4. The maximum atomic E-state index is 11.3. The van der Waals surface area contributed by atoms with Crippen molar-refractivity contribution in [2.45, 2.75) is 50.9 Å². The highest BCUT2D eigenvalue weighted by molar-refractivity contribution is 7.09. The summed E-state index contributed by atoms with van der Waals surface area (Å²) >= 11 is 1.72. The molecular formula is C14H24ClN3OS. The Hall–Kier alpha value is -0.650. The second kappa shape index (κ2) is 9.32. The third-order valence-electron chi connectivity index (χ3n) is 3.63. The summed E-state index contributed by atoms with van der Waals surface area (Å²) in [4.78, 5) is 16.0. The summed E-state index contributed by atoms with van der Waals surface area (Å²) in [6, 6.07) is 0. The van der Waals surface area contributed by atoms with Crippen LogP contribution in [0.15, 0.2) is 5.38 Å². The molecule has 114 valence electrons. The highest BCUT2D eigenvalue weighted by atomic mass is 35.5. The summed E-state index contributed by atoms with van der Waals surface area (Å²) in [5.41, 5.74) is 6.60. The van der Waals surface area contributed by atoms with E-state index in [1.54, 1.807) is 11.3 Å². The van der Waals surface area contributed by atoms with Gasteiger partial charge in [-0.25, -0.2) is 4.98 Å². The number of halogens is 1. The highest BCUT2D eigenvalue weighted by Gasteiger charge is 2.18. The average Bonchev–Trinajstić information content (AvgIpc) is 2.89. The topological polar surface area (TPSA) is 68.0 Å². The molecule has 1 amide bonds. The zero-order valence-electron chi connectivity index (χ0n) is 11.8. The van der Waals surface area contributed by atoms with Gasteiger partial charge in [-0.3, -0.25) is 4.79 Å². The maximum absolute atomic E-state index is 11.3. The first kappa shape index (κ1) is 17.4. The lowest BCUT2D eigenvalue weighted by Crippen LogP contribution is -2.27. The highest BCUT2D eigenvalue weighted by Crippen LogP contribution is 2.32. The molecule has 1 heterocycles. The van der Waals surface area contributed by atoms with Gasteiger partial charge in [-0.15, -0.1) is 23.7 Å². The Morgan fingerprint density at radius 1 is 1.40 bits per heavy atom. The summed E-state index contributed by atoms with van der Waals surface area (Å²) in [6.45, 7) is 1.07. The molecular weight excluding hydrogens is 294 g/mol. The molecule has 0 unspecified atom stereocenters. The van der Waals surface area contributed by atoms with Gasteiger partial charge in [0.25, 0.3) is 0 Å². The van der Waals surface area contributed by atoms with Crippen LogP contribution in [0.2, 0.25) is 0 Å². The van der Waals surface area contributed by atoms with Crippen LogP contribution in [0.3, 0.4) is 0 Å². The van der Waals surface area contributed by atoms with Crippen molar-refractivity contribution in [3.8, 4) is 0 Å². The second-order valence-electron chi connectivity index (χ2n) is 5.14. The Morgan fingerprint density at radius 2 is 2.15 bits per heavy atom. The molecule has 6 heteroatoms. The number of amides is 1. The maximum Gasteiger partial charge on any atom is 0.221 e. The van der Waals surface area contributed by atoms with Gasteiger partial charge in [0.1, 0.15) is 0 Å². The van der Waals surface area contributed by atoms with Crippen LogP contribution in [-0.4, -0.2) is 24.0 Å². The van der Waals surface area contributed by atoms with E-state index in [-0.39, 0.29) is 18.3 Å². The quantitative estimate of drug-likeness (QED) is 0.847. The van der Waals surface area contributed by atoms with Gasteiger partial charge in [-0.2, -0.15) is 0 Å². The summed E-state index contributed by atoms with van der Waals surface area (Å²) in [6.07, 6.45) is 7.87. The number of carbonyl (C=O) groups excluding carboxylic acids is 1. The van der Waals surface area contributed by atoms with Crippen molar-refractivity contribution < 1.29 is 4.79 Å². The largest absolute Gasteiger partial charge is 0.356 e. The van der Waals surface area contributed by atoms with E-state index in [0.717, 1.165) is 11.4 Å². The van der Waals surface area contributed by atoms with Crippen LogP contribution in [0, 0.1) is 0 Å². The number of nitrogens with zero attached hydrogens (tertiary/aromatic N) is 1.